The molecule has 1 fully saturated rings. The van der Waals surface area contributed by atoms with Crippen molar-refractivity contribution in [2.45, 2.75) is 37.8 Å². The van der Waals surface area contributed by atoms with E-state index < -0.39 is 27.9 Å². The Morgan fingerprint density at radius 3 is 2.62 bits per heavy atom. The van der Waals surface area contributed by atoms with Crippen molar-refractivity contribution in [2.24, 2.45) is 0 Å². The summed E-state index contributed by atoms with van der Waals surface area (Å²) in [6, 6.07) is -1.86. The molecular formula is C12H22N2O6S. The van der Waals surface area contributed by atoms with Gasteiger partial charge in [-0.3, -0.25) is 0 Å². The molecular weight excluding hydrogens is 300 g/mol. The number of ether oxygens (including phenoxy) is 1. The first kappa shape index (κ1) is 17.7. The van der Waals surface area contributed by atoms with Gasteiger partial charge in [-0.2, -0.15) is 0 Å². The Morgan fingerprint density at radius 2 is 2.10 bits per heavy atom. The Kier molecular flexibility index (Phi) is 6.90. The van der Waals surface area contributed by atoms with E-state index in [1.165, 1.54) is 0 Å². The number of urea groups is 1. The Hall–Kier alpha value is -1.35. The lowest BCUT2D eigenvalue weighted by Gasteiger charge is -2.23. The Labute approximate surface area is 124 Å². The molecule has 8 nitrogen and oxygen atoms in total. The molecule has 1 heterocycles. The number of carbonyl (C=O) groups is 2. The molecule has 0 spiro atoms. The maximum absolute atomic E-state index is 11.6. The van der Waals surface area contributed by atoms with Crippen LogP contribution in [0.15, 0.2) is 0 Å². The van der Waals surface area contributed by atoms with Gasteiger partial charge in [0.1, 0.15) is 15.9 Å². The minimum atomic E-state index is -3.27. The summed E-state index contributed by atoms with van der Waals surface area (Å²) in [6.07, 6.45) is 3.71. The van der Waals surface area contributed by atoms with Gasteiger partial charge in [0.25, 0.3) is 0 Å². The summed E-state index contributed by atoms with van der Waals surface area (Å²) in [6.45, 7) is 0.977. The molecule has 1 aliphatic heterocycles. The maximum Gasteiger partial charge on any atom is 0.326 e. The van der Waals surface area contributed by atoms with Crippen molar-refractivity contribution in [3.8, 4) is 0 Å². The standard InChI is InChI=1S/C12H22N2O6S/c1-21(18,19)7-5-10(11(15)16)14-12(17)13-8-9-4-2-3-6-20-9/h9-10H,2-8H2,1H3,(H,15,16)(H2,13,14,17). The average molecular weight is 322 g/mol. The molecule has 1 aliphatic rings. The monoisotopic (exact) mass is 322 g/mol. The van der Waals surface area contributed by atoms with Gasteiger partial charge in [0.05, 0.1) is 11.9 Å². The topological polar surface area (TPSA) is 122 Å². The second-order valence-corrected chi connectivity index (χ2v) is 7.41. The van der Waals surface area contributed by atoms with Crippen molar-refractivity contribution in [3.05, 3.63) is 0 Å². The van der Waals surface area contributed by atoms with E-state index in [0.29, 0.717) is 13.2 Å². The van der Waals surface area contributed by atoms with Crippen molar-refractivity contribution in [3.63, 3.8) is 0 Å². The first-order valence-electron chi connectivity index (χ1n) is 6.84. The number of carbonyl (C=O) groups excluding carboxylic acids is 1. The number of hydrogen-bond donors (Lipinski definition) is 3. The zero-order valence-electron chi connectivity index (χ0n) is 12.0. The van der Waals surface area contributed by atoms with Crippen LogP contribution >= 0.6 is 0 Å². The van der Waals surface area contributed by atoms with Gasteiger partial charge in [-0.05, 0) is 25.7 Å². The van der Waals surface area contributed by atoms with Gasteiger partial charge in [-0.1, -0.05) is 0 Å². The van der Waals surface area contributed by atoms with Crippen LogP contribution in [-0.4, -0.2) is 62.8 Å². The SMILES string of the molecule is CS(=O)(=O)CCC(NC(=O)NCC1CCCCO1)C(=O)O. The number of aliphatic carboxylic acids is 1. The summed E-state index contributed by atoms with van der Waals surface area (Å²) in [7, 11) is -3.27. The summed E-state index contributed by atoms with van der Waals surface area (Å²) in [5, 5.41) is 13.8. The molecule has 0 aliphatic carbocycles. The number of rotatable bonds is 7. The van der Waals surface area contributed by atoms with Crippen LogP contribution in [0.3, 0.4) is 0 Å². The molecule has 2 atom stereocenters. The molecule has 0 radical (unpaired) electrons. The fourth-order valence-electron chi connectivity index (χ4n) is 1.97. The van der Waals surface area contributed by atoms with Crippen molar-refractivity contribution >= 4 is 21.8 Å². The van der Waals surface area contributed by atoms with Gasteiger partial charge in [0.15, 0.2) is 0 Å². The van der Waals surface area contributed by atoms with Crippen LogP contribution in [0.2, 0.25) is 0 Å². The number of sulfone groups is 1. The van der Waals surface area contributed by atoms with Crippen LogP contribution in [0, 0.1) is 0 Å². The fourth-order valence-corrected chi connectivity index (χ4v) is 2.64. The summed E-state index contributed by atoms with van der Waals surface area (Å²) in [5.74, 6) is -1.56. The third-order valence-electron chi connectivity index (χ3n) is 3.15. The van der Waals surface area contributed by atoms with E-state index in [4.69, 9.17) is 9.84 Å². The molecule has 3 N–H and O–H groups in total. The van der Waals surface area contributed by atoms with Crippen molar-refractivity contribution in [1.82, 2.24) is 10.6 Å². The predicted octanol–water partition coefficient (Wildman–Crippen LogP) is -0.257. The van der Waals surface area contributed by atoms with Gasteiger partial charge in [-0.25, -0.2) is 18.0 Å². The summed E-state index contributed by atoms with van der Waals surface area (Å²) >= 11 is 0. The van der Waals surface area contributed by atoms with Crippen LogP contribution in [-0.2, 0) is 19.4 Å². The van der Waals surface area contributed by atoms with Crippen LogP contribution in [0.4, 0.5) is 4.79 Å². The zero-order valence-corrected chi connectivity index (χ0v) is 12.8. The lowest BCUT2D eigenvalue weighted by atomic mass is 10.1. The number of hydrogen-bond acceptors (Lipinski definition) is 5. The Bertz CT molecular complexity index is 458. The molecule has 0 aromatic rings. The van der Waals surface area contributed by atoms with Crippen LogP contribution in [0.25, 0.3) is 0 Å². The molecule has 0 aromatic heterocycles. The highest BCUT2D eigenvalue weighted by Crippen LogP contribution is 2.11. The number of carboxylic acid groups (broad SMARTS) is 1. The summed E-state index contributed by atoms with van der Waals surface area (Å²) in [4.78, 5) is 22.6. The quantitative estimate of drug-likeness (QED) is 0.594. The van der Waals surface area contributed by atoms with Crippen molar-refractivity contribution < 1.29 is 27.9 Å². The smallest absolute Gasteiger partial charge is 0.326 e. The predicted molar refractivity (Wildman–Crippen MR) is 75.9 cm³/mol. The van der Waals surface area contributed by atoms with E-state index in [-0.39, 0.29) is 18.3 Å². The van der Waals surface area contributed by atoms with E-state index in [2.05, 4.69) is 10.6 Å². The highest BCUT2D eigenvalue weighted by Gasteiger charge is 2.22. The van der Waals surface area contributed by atoms with Gasteiger partial charge in [0.2, 0.25) is 0 Å². The molecule has 0 bridgehead atoms. The lowest BCUT2D eigenvalue weighted by Crippen LogP contribution is -2.48. The first-order chi connectivity index (χ1) is 9.78. The fraction of sp³-hybridized carbons (Fsp3) is 0.833. The average Bonchev–Trinajstić information content (AvgIpc) is 2.41. The minimum Gasteiger partial charge on any atom is -0.480 e. The summed E-state index contributed by atoms with van der Waals surface area (Å²) in [5.41, 5.74) is 0. The van der Waals surface area contributed by atoms with Gasteiger partial charge in [-0.15, -0.1) is 0 Å². The second-order valence-electron chi connectivity index (χ2n) is 5.15. The third kappa shape index (κ3) is 7.86. The molecule has 1 rings (SSSR count). The highest BCUT2D eigenvalue weighted by atomic mass is 32.2. The largest absolute Gasteiger partial charge is 0.480 e. The summed E-state index contributed by atoms with van der Waals surface area (Å²) < 4.78 is 27.5. The Balaban J connectivity index is 2.35. The van der Waals surface area contributed by atoms with Crippen LogP contribution in [0.5, 0.6) is 0 Å². The molecule has 21 heavy (non-hydrogen) atoms. The molecule has 122 valence electrons. The van der Waals surface area contributed by atoms with Crippen molar-refractivity contribution in [1.29, 1.82) is 0 Å². The third-order valence-corrected chi connectivity index (χ3v) is 4.12. The minimum absolute atomic E-state index is 0.0520. The lowest BCUT2D eigenvalue weighted by molar-refractivity contribution is -0.139. The van der Waals surface area contributed by atoms with Gasteiger partial charge < -0.3 is 20.5 Å². The molecule has 9 heteroatoms. The Morgan fingerprint density at radius 1 is 1.38 bits per heavy atom. The van der Waals surface area contributed by atoms with E-state index in [1.807, 2.05) is 0 Å². The van der Waals surface area contributed by atoms with Crippen LogP contribution in [0.1, 0.15) is 25.7 Å². The first-order valence-corrected chi connectivity index (χ1v) is 8.90. The normalized spacial score (nSPS) is 20.5. The molecule has 1 saturated heterocycles. The molecule has 2 amide bonds. The highest BCUT2D eigenvalue weighted by molar-refractivity contribution is 7.90. The maximum atomic E-state index is 11.6. The van der Waals surface area contributed by atoms with E-state index in [0.717, 1.165) is 25.5 Å². The number of carboxylic acids is 1. The van der Waals surface area contributed by atoms with E-state index in [1.54, 1.807) is 0 Å². The van der Waals surface area contributed by atoms with E-state index >= 15 is 0 Å². The number of nitrogens with one attached hydrogen (secondary N) is 2. The van der Waals surface area contributed by atoms with Crippen LogP contribution < -0.4 is 10.6 Å². The van der Waals surface area contributed by atoms with E-state index in [9.17, 15) is 18.0 Å². The molecule has 0 aromatic carbocycles. The molecule has 2 unspecified atom stereocenters. The molecule has 0 saturated carbocycles. The van der Waals surface area contributed by atoms with Crippen molar-refractivity contribution in [2.75, 3.05) is 25.2 Å². The van der Waals surface area contributed by atoms with Gasteiger partial charge >= 0.3 is 12.0 Å². The van der Waals surface area contributed by atoms with Gasteiger partial charge in [0, 0.05) is 19.4 Å². The number of amides is 2. The zero-order chi connectivity index (χ0) is 15.9. The second kappa shape index (κ2) is 8.18.